The number of rotatable bonds is 3. The normalized spacial score (nSPS) is 17.7. The van der Waals surface area contributed by atoms with Gasteiger partial charge in [0.15, 0.2) is 0 Å². The fourth-order valence-corrected chi connectivity index (χ4v) is 3.30. The molecule has 0 aliphatic carbocycles. The summed E-state index contributed by atoms with van der Waals surface area (Å²) in [6, 6.07) is 8.84. The number of nitrogens with one attached hydrogen (secondary N) is 2. The first kappa shape index (κ1) is 22.1. The summed E-state index contributed by atoms with van der Waals surface area (Å²) in [5.74, 6) is -0.164. The standard InChI is InChI=1S/C19H20N4O3.2ClH/c24-18(16-12-26-9-7-21-16)22-15-3-4-17-13(10-15)5-8-23(17)19(25)14-2-1-6-20-11-14;;/h1-4,6,10-11,16,21H,5,7-9,12H2,(H,22,24);2*1H. The summed E-state index contributed by atoms with van der Waals surface area (Å²) < 4.78 is 5.32. The second-order valence-electron chi connectivity index (χ2n) is 6.36. The third-order valence-electron chi connectivity index (χ3n) is 4.63. The molecule has 2 N–H and O–H groups in total. The van der Waals surface area contributed by atoms with Gasteiger partial charge in [0.2, 0.25) is 5.91 Å². The van der Waals surface area contributed by atoms with Gasteiger partial charge < -0.3 is 20.3 Å². The maximum Gasteiger partial charge on any atom is 0.259 e. The summed E-state index contributed by atoms with van der Waals surface area (Å²) in [5.41, 5.74) is 3.24. The first-order valence-electron chi connectivity index (χ1n) is 8.69. The number of ether oxygens (including phenoxy) is 1. The smallest absolute Gasteiger partial charge is 0.259 e. The van der Waals surface area contributed by atoms with Gasteiger partial charge in [0.25, 0.3) is 5.91 Å². The van der Waals surface area contributed by atoms with Crippen LogP contribution >= 0.6 is 24.8 Å². The van der Waals surface area contributed by atoms with E-state index in [9.17, 15) is 9.59 Å². The van der Waals surface area contributed by atoms with Crippen LogP contribution in [-0.4, -0.2) is 49.1 Å². The van der Waals surface area contributed by atoms with Crippen LogP contribution in [0.25, 0.3) is 0 Å². The van der Waals surface area contributed by atoms with E-state index in [2.05, 4.69) is 15.6 Å². The lowest BCUT2D eigenvalue weighted by molar-refractivity contribution is -0.120. The van der Waals surface area contributed by atoms with Crippen LogP contribution in [0.2, 0.25) is 0 Å². The molecule has 0 bridgehead atoms. The zero-order chi connectivity index (χ0) is 17.9. The van der Waals surface area contributed by atoms with Crippen molar-refractivity contribution in [2.75, 3.05) is 36.5 Å². The van der Waals surface area contributed by atoms with E-state index in [1.807, 2.05) is 18.2 Å². The third kappa shape index (κ3) is 4.62. The van der Waals surface area contributed by atoms with Crippen molar-refractivity contribution < 1.29 is 14.3 Å². The fraction of sp³-hybridized carbons (Fsp3) is 0.316. The van der Waals surface area contributed by atoms with Crippen molar-refractivity contribution in [3.63, 3.8) is 0 Å². The molecule has 0 radical (unpaired) electrons. The molecule has 9 heteroatoms. The first-order valence-corrected chi connectivity index (χ1v) is 8.69. The number of hydrogen-bond acceptors (Lipinski definition) is 5. The molecule has 150 valence electrons. The van der Waals surface area contributed by atoms with Crippen LogP contribution < -0.4 is 15.5 Å². The molecule has 7 nitrogen and oxygen atoms in total. The van der Waals surface area contributed by atoms with E-state index in [-0.39, 0.29) is 42.7 Å². The molecular formula is C19H22Cl2N4O3. The van der Waals surface area contributed by atoms with E-state index in [0.29, 0.717) is 31.9 Å². The minimum Gasteiger partial charge on any atom is -0.378 e. The van der Waals surface area contributed by atoms with Crippen molar-refractivity contribution in [1.29, 1.82) is 0 Å². The van der Waals surface area contributed by atoms with Gasteiger partial charge in [0.1, 0.15) is 6.04 Å². The van der Waals surface area contributed by atoms with Crippen molar-refractivity contribution in [3.8, 4) is 0 Å². The van der Waals surface area contributed by atoms with Gasteiger partial charge in [-0.3, -0.25) is 14.6 Å². The number of morpholine rings is 1. The third-order valence-corrected chi connectivity index (χ3v) is 4.63. The van der Waals surface area contributed by atoms with Crippen molar-refractivity contribution in [2.45, 2.75) is 12.5 Å². The number of aromatic nitrogens is 1. The number of anilines is 2. The maximum absolute atomic E-state index is 12.7. The average Bonchev–Trinajstić information content (AvgIpc) is 3.12. The molecule has 1 saturated heterocycles. The number of carbonyl (C=O) groups is 2. The molecule has 4 rings (SSSR count). The molecule has 1 unspecified atom stereocenters. The quantitative estimate of drug-likeness (QED) is 0.787. The predicted octanol–water partition coefficient (Wildman–Crippen LogP) is 2.05. The van der Waals surface area contributed by atoms with E-state index in [1.165, 1.54) is 0 Å². The van der Waals surface area contributed by atoms with E-state index >= 15 is 0 Å². The Labute approximate surface area is 175 Å². The number of amides is 2. The highest BCUT2D eigenvalue weighted by Gasteiger charge is 2.27. The minimum atomic E-state index is -0.333. The zero-order valence-electron chi connectivity index (χ0n) is 15.1. The number of halogens is 2. The number of nitrogens with zero attached hydrogens (tertiary/aromatic N) is 2. The van der Waals surface area contributed by atoms with Crippen molar-refractivity contribution in [1.82, 2.24) is 10.3 Å². The van der Waals surface area contributed by atoms with Crippen LogP contribution in [0.3, 0.4) is 0 Å². The summed E-state index contributed by atoms with van der Waals surface area (Å²) in [6.07, 6.45) is 3.99. The molecule has 2 aliphatic heterocycles. The highest BCUT2D eigenvalue weighted by molar-refractivity contribution is 6.07. The van der Waals surface area contributed by atoms with Crippen LogP contribution in [0.15, 0.2) is 42.7 Å². The molecule has 2 aromatic rings. The summed E-state index contributed by atoms with van der Waals surface area (Å²) in [6.45, 7) is 2.31. The summed E-state index contributed by atoms with van der Waals surface area (Å²) in [5, 5.41) is 6.06. The van der Waals surface area contributed by atoms with E-state index in [1.54, 1.807) is 29.4 Å². The summed E-state index contributed by atoms with van der Waals surface area (Å²) in [7, 11) is 0. The van der Waals surface area contributed by atoms with Crippen molar-refractivity contribution in [2.24, 2.45) is 0 Å². The van der Waals surface area contributed by atoms with Crippen molar-refractivity contribution in [3.05, 3.63) is 53.9 Å². The van der Waals surface area contributed by atoms with Crippen molar-refractivity contribution >= 4 is 48.0 Å². The highest BCUT2D eigenvalue weighted by Crippen LogP contribution is 2.31. The molecule has 0 saturated carbocycles. The second kappa shape index (κ2) is 9.84. The Morgan fingerprint density at radius 2 is 2.11 bits per heavy atom. The number of benzene rings is 1. The molecular weight excluding hydrogens is 403 g/mol. The Balaban J connectivity index is 0.00000140. The highest BCUT2D eigenvalue weighted by atomic mass is 35.5. The summed E-state index contributed by atoms with van der Waals surface area (Å²) in [4.78, 5) is 30.7. The molecule has 28 heavy (non-hydrogen) atoms. The topological polar surface area (TPSA) is 83.6 Å². The van der Waals surface area contributed by atoms with Gasteiger partial charge in [-0.2, -0.15) is 0 Å². The van der Waals surface area contributed by atoms with Crippen LogP contribution in [0.4, 0.5) is 11.4 Å². The summed E-state index contributed by atoms with van der Waals surface area (Å²) >= 11 is 0. The van der Waals surface area contributed by atoms with Gasteiger partial charge in [-0.25, -0.2) is 0 Å². The molecule has 0 spiro atoms. The molecule has 1 aromatic carbocycles. The van der Waals surface area contributed by atoms with Crippen LogP contribution in [0.5, 0.6) is 0 Å². The second-order valence-corrected chi connectivity index (χ2v) is 6.36. The molecule has 1 fully saturated rings. The average molecular weight is 425 g/mol. The van der Waals surface area contributed by atoms with Crippen LogP contribution in [0.1, 0.15) is 15.9 Å². The number of fused-ring (bicyclic) bond motifs is 1. The maximum atomic E-state index is 12.7. The lowest BCUT2D eigenvalue weighted by Crippen LogP contribution is -2.48. The van der Waals surface area contributed by atoms with Crippen LogP contribution in [-0.2, 0) is 16.0 Å². The predicted molar refractivity (Wildman–Crippen MR) is 112 cm³/mol. The van der Waals surface area contributed by atoms with Gasteiger partial charge in [-0.15, -0.1) is 24.8 Å². The Morgan fingerprint density at radius 1 is 1.25 bits per heavy atom. The first-order chi connectivity index (χ1) is 12.7. The zero-order valence-corrected chi connectivity index (χ0v) is 16.7. The monoisotopic (exact) mass is 424 g/mol. The molecule has 3 heterocycles. The molecule has 2 aliphatic rings. The van der Waals surface area contributed by atoms with E-state index < -0.39 is 0 Å². The Morgan fingerprint density at radius 3 is 2.82 bits per heavy atom. The van der Waals surface area contributed by atoms with Gasteiger partial charge in [-0.1, -0.05) is 0 Å². The Hall–Kier alpha value is -2.19. The van der Waals surface area contributed by atoms with Crippen LogP contribution in [0, 0.1) is 0 Å². The van der Waals surface area contributed by atoms with E-state index in [4.69, 9.17) is 4.74 Å². The number of carbonyl (C=O) groups excluding carboxylic acids is 2. The Kier molecular flexibility index (Phi) is 7.77. The SMILES string of the molecule is Cl.Cl.O=C(Nc1ccc2c(c1)CCN2C(=O)c1cccnc1)C1COCCN1. The molecule has 1 aromatic heterocycles. The van der Waals surface area contributed by atoms with Gasteiger partial charge in [0.05, 0.1) is 18.8 Å². The number of pyridine rings is 1. The lowest BCUT2D eigenvalue weighted by atomic mass is 10.1. The number of hydrogen-bond donors (Lipinski definition) is 2. The molecule has 1 atom stereocenters. The minimum absolute atomic E-state index is 0. The lowest BCUT2D eigenvalue weighted by Gasteiger charge is -2.23. The van der Waals surface area contributed by atoms with Gasteiger partial charge in [0, 0.05) is 36.9 Å². The fourth-order valence-electron chi connectivity index (χ4n) is 3.30. The Bertz CT molecular complexity index is 829. The van der Waals surface area contributed by atoms with Gasteiger partial charge >= 0.3 is 0 Å². The molecule has 2 amide bonds. The largest absolute Gasteiger partial charge is 0.378 e. The van der Waals surface area contributed by atoms with Gasteiger partial charge in [-0.05, 0) is 42.3 Å². The van der Waals surface area contributed by atoms with E-state index in [0.717, 1.165) is 23.4 Å².